The standard InChI is InChI=1S/C44H29N3/c1-3-14-29(15-4-1)40-27-41(30-16-5-2-6-17-30)46-44(45-40)47-42-26-38-35-22-12-10-20-33(35)32-19-9-11-21-34(32)37(38)25-39(42)36-24-23-28-13-7-8-18-31(28)43(36)47/h1-5,7-16,18-27H,6,17H2. The van der Waals surface area contributed by atoms with E-state index in [0.29, 0.717) is 5.95 Å². The van der Waals surface area contributed by atoms with Crippen molar-refractivity contribution in [2.24, 2.45) is 0 Å². The molecule has 0 spiro atoms. The number of hydrogen-bond acceptors (Lipinski definition) is 2. The molecule has 3 nitrogen and oxygen atoms in total. The fraction of sp³-hybridized carbons (Fsp3) is 0.0455. The second-order valence-corrected chi connectivity index (χ2v) is 12.5. The molecule has 0 fully saturated rings. The third kappa shape index (κ3) is 4.00. The first-order valence-corrected chi connectivity index (χ1v) is 16.3. The van der Waals surface area contributed by atoms with E-state index in [2.05, 4.69) is 156 Å². The lowest BCUT2D eigenvalue weighted by atomic mass is 9.93. The smallest absolute Gasteiger partial charge is 0.235 e. The van der Waals surface area contributed by atoms with Crippen molar-refractivity contribution in [2.75, 3.05) is 0 Å². The van der Waals surface area contributed by atoms with Gasteiger partial charge in [-0.05, 0) is 74.3 Å². The average molecular weight is 600 g/mol. The average Bonchev–Trinajstić information content (AvgIpc) is 3.49. The minimum absolute atomic E-state index is 0.692. The number of allylic oxidation sites excluding steroid dienone is 4. The quantitative estimate of drug-likeness (QED) is 0.189. The van der Waals surface area contributed by atoms with E-state index in [-0.39, 0.29) is 0 Å². The van der Waals surface area contributed by atoms with Crippen LogP contribution in [0.3, 0.4) is 0 Å². The van der Waals surface area contributed by atoms with Crippen LogP contribution in [0.2, 0.25) is 0 Å². The summed E-state index contributed by atoms with van der Waals surface area (Å²) < 4.78 is 2.32. The number of aromatic nitrogens is 3. The second kappa shape index (κ2) is 10.2. The molecule has 0 saturated heterocycles. The molecule has 220 valence electrons. The van der Waals surface area contributed by atoms with E-state index in [9.17, 15) is 0 Å². The van der Waals surface area contributed by atoms with Crippen LogP contribution in [-0.4, -0.2) is 14.5 Å². The fourth-order valence-corrected chi connectivity index (χ4v) is 7.65. The van der Waals surface area contributed by atoms with Crippen LogP contribution in [0, 0.1) is 0 Å². The Kier molecular flexibility index (Phi) is 5.70. The van der Waals surface area contributed by atoms with Gasteiger partial charge in [0.1, 0.15) is 0 Å². The summed E-state index contributed by atoms with van der Waals surface area (Å²) in [6.07, 6.45) is 8.55. The Morgan fingerprint density at radius 2 is 1.13 bits per heavy atom. The predicted molar refractivity (Wildman–Crippen MR) is 198 cm³/mol. The molecular weight excluding hydrogens is 571 g/mol. The maximum absolute atomic E-state index is 5.37. The minimum Gasteiger partial charge on any atom is -0.277 e. The molecule has 0 unspecified atom stereocenters. The Morgan fingerprint density at radius 3 is 1.85 bits per heavy atom. The first kappa shape index (κ1) is 26.2. The number of nitrogens with zero attached hydrogens (tertiary/aromatic N) is 3. The van der Waals surface area contributed by atoms with Crippen molar-refractivity contribution in [1.82, 2.24) is 14.5 Å². The van der Waals surface area contributed by atoms with E-state index < -0.39 is 0 Å². The van der Waals surface area contributed by atoms with Crippen molar-refractivity contribution in [2.45, 2.75) is 12.8 Å². The van der Waals surface area contributed by atoms with Gasteiger partial charge in [0.2, 0.25) is 5.95 Å². The largest absolute Gasteiger partial charge is 0.277 e. The molecule has 0 amide bonds. The van der Waals surface area contributed by atoms with Gasteiger partial charge in [-0.3, -0.25) is 4.57 Å². The summed E-state index contributed by atoms with van der Waals surface area (Å²) in [6.45, 7) is 0. The monoisotopic (exact) mass is 599 g/mol. The zero-order valence-electron chi connectivity index (χ0n) is 25.7. The van der Waals surface area contributed by atoms with Gasteiger partial charge in [-0.1, -0.05) is 133 Å². The van der Waals surface area contributed by atoms with Crippen molar-refractivity contribution >= 4 is 70.5 Å². The highest BCUT2D eigenvalue weighted by molar-refractivity contribution is 6.29. The Hall–Kier alpha value is -6.06. The van der Waals surface area contributed by atoms with Crippen LogP contribution in [0.15, 0.2) is 152 Å². The number of fused-ring (bicyclic) bond motifs is 11. The van der Waals surface area contributed by atoms with Crippen LogP contribution in [0.4, 0.5) is 0 Å². The highest BCUT2D eigenvalue weighted by Crippen LogP contribution is 2.42. The van der Waals surface area contributed by atoms with Gasteiger partial charge in [-0.15, -0.1) is 0 Å². The molecule has 0 aliphatic heterocycles. The Bertz CT molecular complexity index is 2780. The first-order valence-electron chi connectivity index (χ1n) is 16.3. The maximum Gasteiger partial charge on any atom is 0.235 e. The van der Waals surface area contributed by atoms with Gasteiger partial charge in [0, 0.05) is 21.7 Å². The highest BCUT2D eigenvalue weighted by Gasteiger charge is 2.21. The first-order chi connectivity index (χ1) is 23.3. The molecule has 0 N–H and O–H groups in total. The zero-order valence-corrected chi connectivity index (χ0v) is 25.7. The van der Waals surface area contributed by atoms with E-state index in [0.717, 1.165) is 40.8 Å². The molecule has 0 bridgehead atoms. The third-order valence-electron chi connectivity index (χ3n) is 9.84. The van der Waals surface area contributed by atoms with Crippen molar-refractivity contribution in [3.63, 3.8) is 0 Å². The van der Waals surface area contributed by atoms with Crippen LogP contribution < -0.4 is 0 Å². The van der Waals surface area contributed by atoms with Crippen LogP contribution in [-0.2, 0) is 0 Å². The topological polar surface area (TPSA) is 30.7 Å². The summed E-state index contributed by atoms with van der Waals surface area (Å²) >= 11 is 0. The lowest BCUT2D eigenvalue weighted by Gasteiger charge is -2.15. The van der Waals surface area contributed by atoms with Crippen molar-refractivity contribution in [1.29, 1.82) is 0 Å². The lowest BCUT2D eigenvalue weighted by molar-refractivity contribution is 0.967. The molecule has 47 heavy (non-hydrogen) atoms. The van der Waals surface area contributed by atoms with Crippen molar-refractivity contribution in [3.8, 4) is 17.2 Å². The van der Waals surface area contributed by atoms with Crippen LogP contribution in [0.25, 0.3) is 87.7 Å². The fourth-order valence-electron chi connectivity index (χ4n) is 7.65. The Balaban J connectivity index is 1.40. The summed E-state index contributed by atoms with van der Waals surface area (Å²) in [6, 6.07) is 48.2. The molecule has 9 aromatic rings. The van der Waals surface area contributed by atoms with Crippen molar-refractivity contribution < 1.29 is 0 Å². The normalized spacial score (nSPS) is 13.4. The summed E-state index contributed by atoms with van der Waals surface area (Å²) in [5, 5.41) is 12.4. The van der Waals surface area contributed by atoms with Crippen molar-refractivity contribution in [3.05, 3.63) is 157 Å². The molecule has 0 saturated carbocycles. The zero-order chi connectivity index (χ0) is 30.9. The number of benzene rings is 7. The second-order valence-electron chi connectivity index (χ2n) is 12.5. The summed E-state index contributed by atoms with van der Waals surface area (Å²) in [5.74, 6) is 0.692. The van der Waals surface area contributed by atoms with Crippen LogP contribution in [0.1, 0.15) is 18.5 Å². The summed E-state index contributed by atoms with van der Waals surface area (Å²) in [5.41, 5.74) is 6.47. The molecule has 1 aliphatic rings. The van der Waals surface area contributed by atoms with Gasteiger partial charge in [0.15, 0.2) is 0 Å². The lowest BCUT2D eigenvalue weighted by Crippen LogP contribution is -2.06. The predicted octanol–water partition coefficient (Wildman–Crippen LogP) is 11.6. The minimum atomic E-state index is 0.692. The van der Waals surface area contributed by atoms with Crippen LogP contribution >= 0.6 is 0 Å². The third-order valence-corrected chi connectivity index (χ3v) is 9.84. The molecule has 3 heteroatoms. The molecule has 10 rings (SSSR count). The maximum atomic E-state index is 5.37. The van der Waals surface area contributed by atoms with Gasteiger partial charge in [-0.25, -0.2) is 9.97 Å². The van der Waals surface area contributed by atoms with Gasteiger partial charge in [0.05, 0.1) is 22.4 Å². The molecular formula is C44H29N3. The summed E-state index contributed by atoms with van der Waals surface area (Å²) in [7, 11) is 0. The molecule has 0 atom stereocenters. The molecule has 0 radical (unpaired) electrons. The summed E-state index contributed by atoms with van der Waals surface area (Å²) in [4.78, 5) is 10.7. The Labute approximate surface area is 271 Å². The Morgan fingerprint density at radius 1 is 0.489 bits per heavy atom. The van der Waals surface area contributed by atoms with Gasteiger partial charge in [-0.2, -0.15) is 0 Å². The van der Waals surface area contributed by atoms with E-state index in [1.54, 1.807) is 0 Å². The van der Waals surface area contributed by atoms with Gasteiger partial charge < -0.3 is 0 Å². The van der Waals surface area contributed by atoms with Gasteiger partial charge >= 0.3 is 0 Å². The molecule has 7 aromatic carbocycles. The number of hydrogen-bond donors (Lipinski definition) is 0. The highest BCUT2D eigenvalue weighted by atomic mass is 15.2. The molecule has 2 heterocycles. The van der Waals surface area contributed by atoms with E-state index >= 15 is 0 Å². The number of rotatable bonds is 3. The van der Waals surface area contributed by atoms with E-state index in [1.807, 2.05) is 0 Å². The van der Waals surface area contributed by atoms with E-state index in [4.69, 9.17) is 9.97 Å². The van der Waals surface area contributed by atoms with Crippen LogP contribution in [0.5, 0.6) is 0 Å². The van der Waals surface area contributed by atoms with E-state index in [1.165, 1.54) is 59.4 Å². The molecule has 2 aromatic heterocycles. The molecule has 1 aliphatic carbocycles. The SMILES string of the molecule is C1=CCCC(c2cc(-c3ccccc3)nc(-n3c4cc5c6ccccc6c6ccccc6c5cc4c4ccc5ccccc5c43)n2)=C1. The van der Waals surface area contributed by atoms with Gasteiger partial charge in [0.25, 0.3) is 0 Å².